The van der Waals surface area contributed by atoms with Crippen molar-refractivity contribution >= 4 is 17.6 Å². The number of methoxy groups -OCH3 is 1. The maximum Gasteiger partial charge on any atom is 0.336 e. The normalized spacial score (nSPS) is 18.3. The first-order chi connectivity index (χ1) is 10.0. The van der Waals surface area contributed by atoms with E-state index in [2.05, 4.69) is 9.84 Å². The summed E-state index contributed by atoms with van der Waals surface area (Å²) in [4.78, 5) is 34.9. The number of hydrogen-bond acceptors (Lipinski definition) is 7. The maximum absolute atomic E-state index is 12.1. The van der Waals surface area contributed by atoms with E-state index in [1.807, 2.05) is 0 Å². The highest BCUT2D eigenvalue weighted by Crippen LogP contribution is 2.10. The van der Waals surface area contributed by atoms with Crippen LogP contribution in [0.2, 0.25) is 0 Å². The Morgan fingerprint density at radius 3 is 3.00 bits per heavy atom. The van der Waals surface area contributed by atoms with Crippen LogP contribution in [0, 0.1) is 10.1 Å². The standard InChI is InChI=1S/C11H14N4O6/c1-20-11(17)9-6-13(2-3-21-9)10(16)7-14-5-8(4-12-14)15(18)19/h4-5,9H,2-3,6-7H2,1H3. The van der Waals surface area contributed by atoms with Crippen molar-refractivity contribution in [2.24, 2.45) is 0 Å². The van der Waals surface area contributed by atoms with E-state index >= 15 is 0 Å². The van der Waals surface area contributed by atoms with E-state index in [1.165, 1.54) is 22.9 Å². The molecule has 1 fully saturated rings. The van der Waals surface area contributed by atoms with Gasteiger partial charge in [-0.2, -0.15) is 5.10 Å². The van der Waals surface area contributed by atoms with Crippen LogP contribution in [0.1, 0.15) is 0 Å². The molecule has 0 bridgehead atoms. The molecule has 2 rings (SSSR count). The van der Waals surface area contributed by atoms with Crippen molar-refractivity contribution in [1.29, 1.82) is 0 Å². The summed E-state index contributed by atoms with van der Waals surface area (Å²) < 4.78 is 11.0. The van der Waals surface area contributed by atoms with E-state index < -0.39 is 17.0 Å². The molecule has 1 atom stereocenters. The molecule has 1 aliphatic rings. The van der Waals surface area contributed by atoms with Gasteiger partial charge in [-0.3, -0.25) is 19.6 Å². The Morgan fingerprint density at radius 1 is 1.62 bits per heavy atom. The smallest absolute Gasteiger partial charge is 0.336 e. The second-order valence-corrected chi connectivity index (χ2v) is 4.38. The molecule has 0 radical (unpaired) electrons. The van der Waals surface area contributed by atoms with E-state index in [1.54, 1.807) is 0 Å². The number of nitro groups is 1. The lowest BCUT2D eigenvalue weighted by atomic mass is 10.2. The number of morpholine rings is 1. The summed E-state index contributed by atoms with van der Waals surface area (Å²) in [7, 11) is 1.25. The summed E-state index contributed by atoms with van der Waals surface area (Å²) in [6.07, 6.45) is 1.44. The summed E-state index contributed by atoms with van der Waals surface area (Å²) in [6, 6.07) is 0. The zero-order chi connectivity index (χ0) is 15.4. The first kappa shape index (κ1) is 14.9. The third-order valence-electron chi connectivity index (χ3n) is 3.01. The summed E-state index contributed by atoms with van der Waals surface area (Å²) in [5.74, 6) is -0.840. The third-order valence-corrected chi connectivity index (χ3v) is 3.01. The number of ether oxygens (including phenoxy) is 2. The van der Waals surface area contributed by atoms with Gasteiger partial charge in [-0.25, -0.2) is 4.79 Å². The highest BCUT2D eigenvalue weighted by molar-refractivity contribution is 5.79. The first-order valence-electron chi connectivity index (χ1n) is 6.15. The van der Waals surface area contributed by atoms with Crippen LogP contribution in [0.4, 0.5) is 5.69 Å². The minimum Gasteiger partial charge on any atom is -0.467 e. The van der Waals surface area contributed by atoms with Crippen LogP contribution in [0.25, 0.3) is 0 Å². The van der Waals surface area contributed by atoms with Crippen molar-refractivity contribution in [3.8, 4) is 0 Å². The Hall–Kier alpha value is -2.49. The zero-order valence-corrected chi connectivity index (χ0v) is 11.3. The predicted octanol–water partition coefficient (Wildman–Crippen LogP) is -0.808. The van der Waals surface area contributed by atoms with Crippen LogP contribution in [0.5, 0.6) is 0 Å². The molecule has 0 saturated carbocycles. The minimum atomic E-state index is -0.806. The summed E-state index contributed by atoms with van der Waals surface area (Å²) in [5.41, 5.74) is -0.183. The third kappa shape index (κ3) is 3.54. The van der Waals surface area contributed by atoms with E-state index in [4.69, 9.17) is 4.74 Å². The van der Waals surface area contributed by atoms with Crippen molar-refractivity contribution in [3.63, 3.8) is 0 Å². The summed E-state index contributed by atoms with van der Waals surface area (Å²) in [5, 5.41) is 14.3. The molecule has 0 spiro atoms. The topological polar surface area (TPSA) is 117 Å². The number of carbonyl (C=O) groups is 2. The monoisotopic (exact) mass is 298 g/mol. The number of amides is 1. The second-order valence-electron chi connectivity index (χ2n) is 4.38. The average molecular weight is 298 g/mol. The number of nitrogens with zero attached hydrogens (tertiary/aromatic N) is 4. The average Bonchev–Trinajstić information content (AvgIpc) is 2.95. The molecule has 1 unspecified atom stereocenters. The molecule has 10 heteroatoms. The largest absolute Gasteiger partial charge is 0.467 e. The maximum atomic E-state index is 12.1. The van der Waals surface area contributed by atoms with Gasteiger partial charge < -0.3 is 14.4 Å². The van der Waals surface area contributed by atoms with Crippen molar-refractivity contribution in [1.82, 2.24) is 14.7 Å². The van der Waals surface area contributed by atoms with Gasteiger partial charge in [-0.1, -0.05) is 0 Å². The van der Waals surface area contributed by atoms with Crippen LogP contribution >= 0.6 is 0 Å². The molecular weight excluding hydrogens is 284 g/mol. The molecule has 21 heavy (non-hydrogen) atoms. The van der Waals surface area contributed by atoms with E-state index in [9.17, 15) is 19.7 Å². The number of rotatable bonds is 4. The number of carbonyl (C=O) groups excluding carboxylic acids is 2. The van der Waals surface area contributed by atoms with Gasteiger partial charge in [-0.05, 0) is 0 Å². The fourth-order valence-corrected chi connectivity index (χ4v) is 1.92. The zero-order valence-electron chi connectivity index (χ0n) is 11.3. The van der Waals surface area contributed by atoms with Crippen molar-refractivity contribution < 1.29 is 24.0 Å². The summed E-state index contributed by atoms with van der Waals surface area (Å²) >= 11 is 0. The Kier molecular flexibility index (Phi) is 4.48. The van der Waals surface area contributed by atoms with Gasteiger partial charge >= 0.3 is 11.7 Å². The first-order valence-corrected chi connectivity index (χ1v) is 6.15. The van der Waals surface area contributed by atoms with Crippen LogP contribution in [0.3, 0.4) is 0 Å². The van der Waals surface area contributed by atoms with Crippen molar-refractivity contribution in [2.75, 3.05) is 26.8 Å². The minimum absolute atomic E-state index is 0.0921. The lowest BCUT2D eigenvalue weighted by molar-refractivity contribution is -0.385. The molecule has 1 saturated heterocycles. The van der Waals surface area contributed by atoms with E-state index in [0.29, 0.717) is 6.54 Å². The molecule has 10 nitrogen and oxygen atoms in total. The number of esters is 1. The molecule has 1 amide bonds. The van der Waals surface area contributed by atoms with Gasteiger partial charge in [0, 0.05) is 6.54 Å². The SMILES string of the molecule is COC(=O)C1CN(C(=O)Cn2cc([N+](=O)[O-])cn2)CCO1. The van der Waals surface area contributed by atoms with Crippen molar-refractivity contribution in [2.45, 2.75) is 12.6 Å². The van der Waals surface area contributed by atoms with Gasteiger partial charge in [0.25, 0.3) is 0 Å². The number of hydrogen-bond donors (Lipinski definition) is 0. The molecule has 1 aromatic rings. The Bertz CT molecular complexity index is 557. The van der Waals surface area contributed by atoms with Crippen LogP contribution in [-0.2, 0) is 25.6 Å². The fraction of sp³-hybridized carbons (Fsp3) is 0.545. The van der Waals surface area contributed by atoms with Crippen LogP contribution < -0.4 is 0 Å². The fourth-order valence-electron chi connectivity index (χ4n) is 1.92. The molecule has 1 aliphatic heterocycles. The van der Waals surface area contributed by atoms with Gasteiger partial charge in [0.05, 0.1) is 25.2 Å². The van der Waals surface area contributed by atoms with E-state index in [-0.39, 0.29) is 31.3 Å². The Balaban J connectivity index is 1.96. The highest BCUT2D eigenvalue weighted by atomic mass is 16.6. The Labute approximate surface area is 119 Å². The quantitative estimate of drug-likeness (QED) is 0.405. The predicted molar refractivity (Wildman–Crippen MR) is 67.2 cm³/mol. The van der Waals surface area contributed by atoms with E-state index in [0.717, 1.165) is 6.20 Å². The molecule has 0 aliphatic carbocycles. The van der Waals surface area contributed by atoms with Gasteiger partial charge in [0.15, 0.2) is 6.10 Å². The second kappa shape index (κ2) is 6.31. The van der Waals surface area contributed by atoms with Gasteiger partial charge in [-0.15, -0.1) is 0 Å². The highest BCUT2D eigenvalue weighted by Gasteiger charge is 2.30. The van der Waals surface area contributed by atoms with Crippen LogP contribution in [-0.4, -0.2) is 64.4 Å². The molecule has 1 aromatic heterocycles. The van der Waals surface area contributed by atoms with Crippen LogP contribution in [0.15, 0.2) is 12.4 Å². The summed E-state index contributed by atoms with van der Waals surface area (Å²) in [6.45, 7) is 0.525. The molecule has 0 N–H and O–H groups in total. The lowest BCUT2D eigenvalue weighted by Gasteiger charge is -2.31. The molecule has 2 heterocycles. The van der Waals surface area contributed by atoms with Gasteiger partial charge in [0.1, 0.15) is 18.9 Å². The van der Waals surface area contributed by atoms with Gasteiger partial charge in [0.2, 0.25) is 5.91 Å². The lowest BCUT2D eigenvalue weighted by Crippen LogP contribution is -2.49. The molecule has 114 valence electrons. The molecular formula is C11H14N4O6. The molecule has 0 aromatic carbocycles. The Morgan fingerprint density at radius 2 is 2.38 bits per heavy atom. The van der Waals surface area contributed by atoms with Crippen molar-refractivity contribution in [3.05, 3.63) is 22.5 Å². The number of aromatic nitrogens is 2.